The number of carbonyl (C=O) groups excluding carboxylic acids is 1. The van der Waals surface area contributed by atoms with Crippen LogP contribution in [0.15, 0.2) is 18.0 Å². The number of anilines is 1. The number of aromatic nitrogens is 1. The highest BCUT2D eigenvalue weighted by atomic mass is 19.1. The van der Waals surface area contributed by atoms with Crippen molar-refractivity contribution in [3.05, 3.63) is 35.0 Å². The number of allylic oxidation sites excluding steroid dienone is 1. The van der Waals surface area contributed by atoms with E-state index in [0.717, 1.165) is 42.9 Å². The molecule has 1 aliphatic heterocycles. The molecule has 29 heavy (non-hydrogen) atoms. The zero-order valence-corrected chi connectivity index (χ0v) is 17.7. The fourth-order valence-corrected chi connectivity index (χ4v) is 5.15. The summed E-state index contributed by atoms with van der Waals surface area (Å²) < 4.78 is 14.3. The van der Waals surface area contributed by atoms with E-state index in [4.69, 9.17) is 0 Å². The maximum atomic E-state index is 14.3. The van der Waals surface area contributed by atoms with Crippen LogP contribution in [0.5, 0.6) is 0 Å². The van der Waals surface area contributed by atoms with Gasteiger partial charge in [-0.25, -0.2) is 9.37 Å². The second kappa shape index (κ2) is 9.27. The molecule has 0 saturated heterocycles. The molecule has 5 heteroatoms. The average Bonchev–Trinajstić information content (AvgIpc) is 2.79. The number of carbonyl (C=O) groups is 1. The number of ketones is 1. The molecule has 2 saturated carbocycles. The third-order valence-corrected chi connectivity index (χ3v) is 6.75. The summed E-state index contributed by atoms with van der Waals surface area (Å²) in [6.45, 7) is 1.72. The van der Waals surface area contributed by atoms with Gasteiger partial charge in [-0.3, -0.25) is 4.79 Å². The summed E-state index contributed by atoms with van der Waals surface area (Å²) >= 11 is 0. The topological polar surface area (TPSA) is 45.2 Å². The first-order chi connectivity index (χ1) is 14.1. The molecule has 1 N–H and O–H groups in total. The van der Waals surface area contributed by atoms with Gasteiger partial charge >= 0.3 is 0 Å². The highest BCUT2D eigenvalue weighted by Crippen LogP contribution is 2.34. The van der Waals surface area contributed by atoms with Gasteiger partial charge in [0.2, 0.25) is 0 Å². The Morgan fingerprint density at radius 3 is 2.34 bits per heavy atom. The van der Waals surface area contributed by atoms with Crippen LogP contribution in [-0.2, 0) is 11.2 Å². The largest absolute Gasteiger partial charge is 0.369 e. The summed E-state index contributed by atoms with van der Waals surface area (Å²) in [7, 11) is 0. The zero-order valence-electron chi connectivity index (χ0n) is 17.7. The smallest absolute Gasteiger partial charge is 0.163 e. The Labute approximate surface area is 174 Å². The van der Waals surface area contributed by atoms with Crippen LogP contribution >= 0.6 is 0 Å². The minimum absolute atomic E-state index is 0.0305. The quantitative estimate of drug-likeness (QED) is 0.745. The van der Waals surface area contributed by atoms with Gasteiger partial charge in [-0.05, 0) is 38.7 Å². The van der Waals surface area contributed by atoms with Gasteiger partial charge < -0.3 is 10.2 Å². The van der Waals surface area contributed by atoms with Crippen LogP contribution in [0.1, 0.15) is 88.3 Å². The van der Waals surface area contributed by atoms with Crippen molar-refractivity contribution in [2.24, 2.45) is 0 Å². The summed E-state index contributed by atoms with van der Waals surface area (Å²) in [4.78, 5) is 19.7. The Morgan fingerprint density at radius 1 is 1.00 bits per heavy atom. The molecule has 0 spiro atoms. The maximum absolute atomic E-state index is 14.3. The Bertz CT molecular complexity index is 762. The molecule has 0 aromatic carbocycles. The third kappa shape index (κ3) is 4.81. The van der Waals surface area contributed by atoms with Crippen LogP contribution in [0.25, 0.3) is 0 Å². The molecule has 0 amide bonds. The van der Waals surface area contributed by atoms with Gasteiger partial charge in [0, 0.05) is 30.1 Å². The average molecular weight is 400 g/mol. The molecule has 2 fully saturated rings. The predicted octanol–water partition coefficient (Wildman–Crippen LogP) is 5.34. The van der Waals surface area contributed by atoms with Crippen molar-refractivity contribution in [1.82, 2.24) is 10.3 Å². The molecular weight excluding hydrogens is 365 g/mol. The number of hydrogen-bond acceptors (Lipinski definition) is 4. The van der Waals surface area contributed by atoms with E-state index in [1.807, 2.05) is 0 Å². The molecule has 0 bridgehead atoms. The van der Waals surface area contributed by atoms with E-state index in [-0.39, 0.29) is 18.0 Å². The Kier molecular flexibility index (Phi) is 6.51. The molecule has 3 aliphatic rings. The lowest BCUT2D eigenvalue weighted by molar-refractivity contribution is -0.114. The van der Waals surface area contributed by atoms with Crippen molar-refractivity contribution in [2.45, 2.75) is 102 Å². The van der Waals surface area contributed by atoms with Crippen molar-refractivity contribution in [1.29, 1.82) is 0 Å². The van der Waals surface area contributed by atoms with Crippen molar-refractivity contribution in [3.63, 3.8) is 0 Å². The summed E-state index contributed by atoms with van der Waals surface area (Å²) in [6.07, 6.45) is 16.5. The molecule has 1 aromatic heterocycles. The van der Waals surface area contributed by atoms with Crippen LogP contribution in [0.2, 0.25) is 0 Å². The van der Waals surface area contributed by atoms with Gasteiger partial charge in [0.05, 0.1) is 5.69 Å². The molecule has 2 heterocycles. The number of halogens is 1. The van der Waals surface area contributed by atoms with E-state index in [1.165, 1.54) is 57.4 Å². The number of rotatable bonds is 3. The van der Waals surface area contributed by atoms with Gasteiger partial charge in [0.25, 0.3) is 0 Å². The van der Waals surface area contributed by atoms with Crippen LogP contribution in [0.4, 0.5) is 10.2 Å². The van der Waals surface area contributed by atoms with Gasteiger partial charge in [0.1, 0.15) is 17.5 Å². The van der Waals surface area contributed by atoms with E-state index in [0.29, 0.717) is 17.8 Å². The summed E-state index contributed by atoms with van der Waals surface area (Å²) in [6, 6.07) is 2.24. The highest BCUT2D eigenvalue weighted by molar-refractivity contribution is 5.94. The molecule has 4 nitrogen and oxygen atoms in total. The first-order valence-electron chi connectivity index (χ1n) is 11.6. The second-order valence-electron chi connectivity index (χ2n) is 9.06. The first kappa shape index (κ1) is 20.4. The standard InChI is InChI=1S/C24H34FN3O/c1-17-22(25)15-18-14-21(29)16-23(27-19-10-6-5-7-11-19)28(24(18)26-17)20-12-8-3-2-4-9-13-20/h15-16,19-20,27H,2-14H2,1H3. The maximum Gasteiger partial charge on any atom is 0.163 e. The van der Waals surface area contributed by atoms with Crippen molar-refractivity contribution in [3.8, 4) is 0 Å². The van der Waals surface area contributed by atoms with Crippen molar-refractivity contribution >= 4 is 11.6 Å². The van der Waals surface area contributed by atoms with Crippen LogP contribution < -0.4 is 10.2 Å². The second-order valence-corrected chi connectivity index (χ2v) is 9.06. The normalized spacial score (nSPS) is 22.3. The summed E-state index contributed by atoms with van der Waals surface area (Å²) in [5.74, 6) is 1.39. The van der Waals surface area contributed by atoms with Gasteiger partial charge in [-0.15, -0.1) is 0 Å². The fraction of sp³-hybridized carbons (Fsp3) is 0.667. The lowest BCUT2D eigenvalue weighted by Crippen LogP contribution is -2.44. The number of hydrogen-bond donors (Lipinski definition) is 1. The van der Waals surface area contributed by atoms with Crippen molar-refractivity contribution in [2.75, 3.05) is 4.90 Å². The lowest BCUT2D eigenvalue weighted by atomic mass is 9.94. The minimum atomic E-state index is -0.321. The third-order valence-electron chi connectivity index (χ3n) is 6.75. The monoisotopic (exact) mass is 399 g/mol. The molecule has 0 unspecified atom stereocenters. The van der Waals surface area contributed by atoms with Gasteiger partial charge in [-0.1, -0.05) is 51.4 Å². The first-order valence-corrected chi connectivity index (χ1v) is 11.6. The Hall–Kier alpha value is -1.91. The van der Waals surface area contributed by atoms with Crippen LogP contribution in [0.3, 0.4) is 0 Å². The Balaban J connectivity index is 1.73. The number of pyridine rings is 1. The van der Waals surface area contributed by atoms with Crippen LogP contribution in [0, 0.1) is 12.7 Å². The van der Waals surface area contributed by atoms with E-state index in [9.17, 15) is 9.18 Å². The van der Waals surface area contributed by atoms with E-state index in [1.54, 1.807) is 13.0 Å². The lowest BCUT2D eigenvalue weighted by Gasteiger charge is -2.38. The molecule has 2 aliphatic carbocycles. The number of aryl methyl sites for hydroxylation is 1. The molecular formula is C24H34FN3O. The van der Waals surface area contributed by atoms with Gasteiger partial charge in [0.15, 0.2) is 5.78 Å². The minimum Gasteiger partial charge on any atom is -0.369 e. The molecule has 0 radical (unpaired) electrons. The van der Waals surface area contributed by atoms with E-state index >= 15 is 0 Å². The summed E-state index contributed by atoms with van der Waals surface area (Å²) in [5, 5.41) is 3.72. The molecule has 4 rings (SSSR count). The summed E-state index contributed by atoms with van der Waals surface area (Å²) in [5.41, 5.74) is 1.13. The SMILES string of the molecule is Cc1nc2c(cc1F)CC(=O)C=C(NC1CCCCC1)N2C1CCCCCCC1. The molecule has 158 valence electrons. The zero-order chi connectivity index (χ0) is 20.2. The number of nitrogens with zero attached hydrogens (tertiary/aromatic N) is 2. The number of nitrogens with one attached hydrogen (secondary N) is 1. The van der Waals surface area contributed by atoms with E-state index in [2.05, 4.69) is 15.2 Å². The van der Waals surface area contributed by atoms with E-state index < -0.39 is 0 Å². The fourth-order valence-electron chi connectivity index (χ4n) is 5.15. The molecule has 0 atom stereocenters. The van der Waals surface area contributed by atoms with Gasteiger partial charge in [-0.2, -0.15) is 0 Å². The molecule has 1 aromatic rings. The van der Waals surface area contributed by atoms with Crippen molar-refractivity contribution < 1.29 is 9.18 Å². The number of fused-ring (bicyclic) bond motifs is 1. The predicted molar refractivity (Wildman–Crippen MR) is 114 cm³/mol. The highest BCUT2D eigenvalue weighted by Gasteiger charge is 2.31. The van der Waals surface area contributed by atoms with Crippen LogP contribution in [-0.4, -0.2) is 22.9 Å². The Morgan fingerprint density at radius 2 is 1.62 bits per heavy atom.